The highest BCUT2D eigenvalue weighted by molar-refractivity contribution is 9.10. The van der Waals surface area contributed by atoms with Gasteiger partial charge in [0.25, 0.3) is 0 Å². The predicted molar refractivity (Wildman–Crippen MR) is 80.7 cm³/mol. The second kappa shape index (κ2) is 6.67. The number of nitrogens with one attached hydrogen (secondary N) is 1. The minimum absolute atomic E-state index is 0.167. The molecule has 0 radical (unpaired) electrons. The third kappa shape index (κ3) is 3.46. The summed E-state index contributed by atoms with van der Waals surface area (Å²) >= 11 is 3.17. The van der Waals surface area contributed by atoms with Crippen LogP contribution >= 0.6 is 15.9 Å². The first-order valence-electron chi connectivity index (χ1n) is 6.18. The summed E-state index contributed by atoms with van der Waals surface area (Å²) in [5.74, 6) is 0.479. The minimum atomic E-state index is -0.428. The molecule has 0 amide bonds. The number of nitrogens with two attached hydrogens (primary N) is 1. The number of benzene rings is 1. The maximum Gasteiger partial charge on any atom is 0.166 e. The van der Waals surface area contributed by atoms with Crippen molar-refractivity contribution in [3.8, 4) is 5.75 Å². The fourth-order valence-electron chi connectivity index (χ4n) is 1.76. The topological polar surface area (TPSA) is 60.2 Å². The molecule has 0 bridgehead atoms. The molecule has 0 fully saturated rings. The van der Waals surface area contributed by atoms with Crippen LogP contribution in [-0.4, -0.2) is 11.6 Å². The quantitative estimate of drug-likeness (QED) is 0.873. The summed E-state index contributed by atoms with van der Waals surface area (Å²) in [5.41, 5.74) is 7.26. The Balaban J connectivity index is 2.25. The SMILES string of the molecule is CCOc1ccc(Nc2ncc(Br)cc2F)cc1CN. The first-order valence-corrected chi connectivity index (χ1v) is 6.97. The van der Waals surface area contributed by atoms with Gasteiger partial charge in [-0.25, -0.2) is 9.37 Å². The number of anilines is 2. The molecule has 3 N–H and O–H groups in total. The molecule has 0 saturated carbocycles. The first kappa shape index (κ1) is 14.7. The van der Waals surface area contributed by atoms with Crippen LogP contribution in [0.4, 0.5) is 15.9 Å². The van der Waals surface area contributed by atoms with E-state index in [4.69, 9.17) is 10.5 Å². The van der Waals surface area contributed by atoms with E-state index in [0.29, 0.717) is 23.3 Å². The van der Waals surface area contributed by atoms with Gasteiger partial charge < -0.3 is 15.8 Å². The Morgan fingerprint density at radius 3 is 2.85 bits per heavy atom. The van der Waals surface area contributed by atoms with Crippen molar-refractivity contribution in [2.75, 3.05) is 11.9 Å². The number of ether oxygens (including phenoxy) is 1. The number of hydrogen-bond donors (Lipinski definition) is 2. The predicted octanol–water partition coefficient (Wildman–Crippen LogP) is 3.58. The van der Waals surface area contributed by atoms with Crippen LogP contribution in [0.5, 0.6) is 5.75 Å². The Morgan fingerprint density at radius 2 is 2.20 bits per heavy atom. The lowest BCUT2D eigenvalue weighted by Gasteiger charge is -2.12. The van der Waals surface area contributed by atoms with Gasteiger partial charge in [0.2, 0.25) is 0 Å². The minimum Gasteiger partial charge on any atom is -0.494 e. The Labute approximate surface area is 125 Å². The van der Waals surface area contributed by atoms with E-state index in [1.54, 1.807) is 6.07 Å². The van der Waals surface area contributed by atoms with Crippen LogP contribution in [0.25, 0.3) is 0 Å². The Kier molecular flexibility index (Phi) is 4.92. The van der Waals surface area contributed by atoms with E-state index in [-0.39, 0.29) is 5.82 Å². The summed E-state index contributed by atoms with van der Waals surface area (Å²) in [6.07, 6.45) is 1.53. The molecule has 1 aromatic carbocycles. The monoisotopic (exact) mass is 339 g/mol. The highest BCUT2D eigenvalue weighted by Crippen LogP contribution is 2.26. The van der Waals surface area contributed by atoms with Gasteiger partial charge in [0, 0.05) is 28.5 Å². The van der Waals surface area contributed by atoms with Crippen LogP contribution in [0, 0.1) is 5.82 Å². The van der Waals surface area contributed by atoms with Gasteiger partial charge in [0.05, 0.1) is 6.61 Å². The van der Waals surface area contributed by atoms with Crippen LogP contribution in [0.1, 0.15) is 12.5 Å². The van der Waals surface area contributed by atoms with Crippen molar-refractivity contribution in [3.05, 3.63) is 46.3 Å². The summed E-state index contributed by atoms with van der Waals surface area (Å²) < 4.78 is 19.8. The van der Waals surface area contributed by atoms with Gasteiger partial charge in [-0.1, -0.05) is 0 Å². The summed E-state index contributed by atoms with van der Waals surface area (Å²) in [7, 11) is 0. The lowest BCUT2D eigenvalue weighted by atomic mass is 10.1. The number of aromatic nitrogens is 1. The molecular weight excluding hydrogens is 325 g/mol. The van der Waals surface area contributed by atoms with E-state index in [1.807, 2.05) is 19.1 Å². The van der Waals surface area contributed by atoms with Gasteiger partial charge in [-0.05, 0) is 47.1 Å². The summed E-state index contributed by atoms with van der Waals surface area (Å²) in [6.45, 7) is 2.83. The second-order valence-corrected chi connectivity index (χ2v) is 4.98. The molecule has 0 spiro atoms. The van der Waals surface area contributed by atoms with E-state index in [2.05, 4.69) is 26.2 Å². The fourth-order valence-corrected chi connectivity index (χ4v) is 2.06. The molecule has 2 rings (SSSR count). The Bertz CT molecular complexity index is 607. The normalized spacial score (nSPS) is 10.4. The van der Waals surface area contributed by atoms with Gasteiger partial charge in [0.1, 0.15) is 5.75 Å². The Morgan fingerprint density at radius 1 is 1.40 bits per heavy atom. The van der Waals surface area contributed by atoms with Crippen LogP contribution in [0.3, 0.4) is 0 Å². The second-order valence-electron chi connectivity index (χ2n) is 4.07. The molecule has 20 heavy (non-hydrogen) atoms. The zero-order valence-corrected chi connectivity index (χ0v) is 12.6. The van der Waals surface area contributed by atoms with Crippen LogP contribution in [-0.2, 0) is 6.54 Å². The third-order valence-corrected chi connectivity index (χ3v) is 3.08. The largest absolute Gasteiger partial charge is 0.494 e. The maximum atomic E-state index is 13.7. The standard InChI is InChI=1S/C14H15BrFN3O/c1-2-20-13-4-3-11(5-9(13)7-17)19-14-12(16)6-10(15)8-18-14/h3-6,8H,2,7,17H2,1H3,(H,18,19). The number of pyridine rings is 1. The highest BCUT2D eigenvalue weighted by atomic mass is 79.9. The molecule has 6 heteroatoms. The number of nitrogens with zero attached hydrogens (tertiary/aromatic N) is 1. The number of rotatable bonds is 5. The van der Waals surface area contributed by atoms with E-state index in [1.165, 1.54) is 12.3 Å². The average Bonchev–Trinajstić information content (AvgIpc) is 2.43. The van der Waals surface area contributed by atoms with E-state index < -0.39 is 5.82 Å². The maximum absolute atomic E-state index is 13.7. The summed E-state index contributed by atoms with van der Waals surface area (Å²) in [6, 6.07) is 6.79. The van der Waals surface area contributed by atoms with Crippen molar-refractivity contribution >= 4 is 27.4 Å². The lowest BCUT2D eigenvalue weighted by Crippen LogP contribution is -2.04. The molecule has 106 valence electrons. The fraction of sp³-hybridized carbons (Fsp3) is 0.214. The van der Waals surface area contributed by atoms with Crippen molar-refractivity contribution < 1.29 is 9.13 Å². The molecule has 0 aliphatic carbocycles. The zero-order valence-electron chi connectivity index (χ0n) is 11.0. The van der Waals surface area contributed by atoms with Crippen LogP contribution in [0.2, 0.25) is 0 Å². The Hall–Kier alpha value is -1.66. The molecular formula is C14H15BrFN3O. The third-order valence-electron chi connectivity index (χ3n) is 2.65. The highest BCUT2D eigenvalue weighted by Gasteiger charge is 2.07. The van der Waals surface area contributed by atoms with Crippen molar-refractivity contribution in [2.24, 2.45) is 5.73 Å². The van der Waals surface area contributed by atoms with E-state index >= 15 is 0 Å². The van der Waals surface area contributed by atoms with E-state index in [0.717, 1.165) is 11.3 Å². The molecule has 0 unspecified atom stereocenters. The molecule has 1 aromatic heterocycles. The molecule has 0 saturated heterocycles. The van der Waals surface area contributed by atoms with Crippen LogP contribution < -0.4 is 15.8 Å². The molecule has 1 heterocycles. The van der Waals surface area contributed by atoms with Gasteiger partial charge in [-0.15, -0.1) is 0 Å². The molecule has 4 nitrogen and oxygen atoms in total. The summed E-state index contributed by atoms with van der Waals surface area (Å²) in [5, 5.41) is 2.93. The average molecular weight is 340 g/mol. The smallest absolute Gasteiger partial charge is 0.166 e. The van der Waals surface area contributed by atoms with Crippen molar-refractivity contribution in [1.82, 2.24) is 4.98 Å². The number of hydrogen-bond acceptors (Lipinski definition) is 4. The first-order chi connectivity index (χ1) is 9.63. The molecule has 0 aliphatic heterocycles. The zero-order chi connectivity index (χ0) is 14.5. The van der Waals surface area contributed by atoms with E-state index in [9.17, 15) is 4.39 Å². The van der Waals surface area contributed by atoms with Crippen molar-refractivity contribution in [3.63, 3.8) is 0 Å². The van der Waals surface area contributed by atoms with Gasteiger partial charge in [-0.3, -0.25) is 0 Å². The summed E-state index contributed by atoms with van der Waals surface area (Å²) in [4.78, 5) is 3.99. The number of halogens is 2. The van der Waals surface area contributed by atoms with Crippen molar-refractivity contribution in [1.29, 1.82) is 0 Å². The lowest BCUT2D eigenvalue weighted by molar-refractivity contribution is 0.336. The van der Waals surface area contributed by atoms with Gasteiger partial charge >= 0.3 is 0 Å². The van der Waals surface area contributed by atoms with Crippen LogP contribution in [0.15, 0.2) is 34.9 Å². The molecule has 0 atom stereocenters. The van der Waals surface area contributed by atoms with Gasteiger partial charge in [0.15, 0.2) is 11.6 Å². The molecule has 2 aromatic rings. The molecule has 0 aliphatic rings. The van der Waals surface area contributed by atoms with Crippen molar-refractivity contribution in [2.45, 2.75) is 13.5 Å². The van der Waals surface area contributed by atoms with Gasteiger partial charge in [-0.2, -0.15) is 0 Å².